The van der Waals surface area contributed by atoms with E-state index in [0.717, 1.165) is 18.0 Å². The molecular weight excluding hydrogens is 122 g/mol. The summed E-state index contributed by atoms with van der Waals surface area (Å²) in [6, 6.07) is 0. The zero-order valence-electron chi connectivity index (χ0n) is 4.55. The molecule has 0 saturated carbocycles. The molecule has 0 amide bonds. The molecule has 46 valence electrons. The number of hydrogen-bond donors (Lipinski definition) is 2. The second-order valence-corrected chi connectivity index (χ2v) is 2.40. The summed E-state index contributed by atoms with van der Waals surface area (Å²) in [6.45, 7) is 1.13. The lowest BCUT2D eigenvalue weighted by Gasteiger charge is -2.00. The van der Waals surface area contributed by atoms with Gasteiger partial charge >= 0.3 is 0 Å². The van der Waals surface area contributed by atoms with Crippen LogP contribution in [0.2, 0.25) is 0 Å². The minimum absolute atomic E-state index is 0.200. The van der Waals surface area contributed by atoms with E-state index in [2.05, 4.69) is 5.32 Å². The summed E-state index contributed by atoms with van der Waals surface area (Å²) >= 11 is 4.87. The molecule has 0 spiro atoms. The number of aliphatic hydroxyl groups excluding tert-OH is 1. The van der Waals surface area contributed by atoms with E-state index in [1.165, 1.54) is 0 Å². The highest BCUT2D eigenvalue weighted by molar-refractivity contribution is 7.80. The summed E-state index contributed by atoms with van der Waals surface area (Å²) in [4.78, 5) is 0.826. The van der Waals surface area contributed by atoms with Crippen LogP contribution in [0.3, 0.4) is 0 Å². The van der Waals surface area contributed by atoms with Crippen molar-refractivity contribution < 1.29 is 5.11 Å². The van der Waals surface area contributed by atoms with Crippen LogP contribution < -0.4 is 5.32 Å². The molecule has 1 aliphatic rings. The lowest BCUT2D eigenvalue weighted by atomic mass is 10.1. The Morgan fingerprint density at radius 3 is 2.88 bits per heavy atom. The number of thiocarbonyl (C=S) groups is 1. The summed E-state index contributed by atoms with van der Waals surface area (Å²) in [5, 5.41) is 11.6. The van der Waals surface area contributed by atoms with Gasteiger partial charge in [0.2, 0.25) is 0 Å². The second kappa shape index (κ2) is 2.42. The highest BCUT2D eigenvalue weighted by atomic mass is 32.1. The van der Waals surface area contributed by atoms with E-state index in [9.17, 15) is 0 Å². The maximum atomic E-state index is 8.61. The first-order chi connectivity index (χ1) is 3.84. The van der Waals surface area contributed by atoms with Gasteiger partial charge in [-0.1, -0.05) is 12.2 Å². The van der Waals surface area contributed by atoms with Crippen molar-refractivity contribution in [2.24, 2.45) is 5.92 Å². The van der Waals surface area contributed by atoms with Gasteiger partial charge in [-0.05, 0) is 6.42 Å². The van der Waals surface area contributed by atoms with Crippen molar-refractivity contribution in [2.75, 3.05) is 13.2 Å². The molecular formula is C5H9NOS. The SMILES string of the molecule is OCC1CCNC1=S. The molecule has 1 fully saturated rings. The normalized spacial score (nSPS) is 28.1. The number of nitrogens with one attached hydrogen (secondary N) is 1. The van der Waals surface area contributed by atoms with Gasteiger partial charge in [0.15, 0.2) is 0 Å². The first-order valence-corrected chi connectivity index (χ1v) is 3.14. The fraction of sp³-hybridized carbons (Fsp3) is 0.800. The Hall–Kier alpha value is -0.150. The highest BCUT2D eigenvalue weighted by Crippen LogP contribution is 2.08. The predicted molar refractivity (Wildman–Crippen MR) is 35.8 cm³/mol. The van der Waals surface area contributed by atoms with Gasteiger partial charge in [0, 0.05) is 12.5 Å². The maximum absolute atomic E-state index is 8.61. The quantitative estimate of drug-likeness (QED) is 0.488. The third-order valence-corrected chi connectivity index (χ3v) is 1.86. The fourth-order valence-corrected chi connectivity index (χ4v) is 1.11. The molecule has 1 aliphatic heterocycles. The van der Waals surface area contributed by atoms with Crippen LogP contribution in [0.5, 0.6) is 0 Å². The zero-order chi connectivity index (χ0) is 5.98. The van der Waals surface area contributed by atoms with Gasteiger partial charge in [0.05, 0.1) is 11.6 Å². The molecule has 0 aromatic carbocycles. The summed E-state index contributed by atoms with van der Waals surface area (Å²) in [5.41, 5.74) is 0. The molecule has 2 N–H and O–H groups in total. The lowest BCUT2D eigenvalue weighted by Crippen LogP contribution is -2.18. The molecule has 1 saturated heterocycles. The Bertz CT molecular complexity index is 105. The molecule has 8 heavy (non-hydrogen) atoms. The Balaban J connectivity index is 2.42. The third-order valence-electron chi connectivity index (χ3n) is 1.38. The number of aliphatic hydroxyl groups is 1. The lowest BCUT2D eigenvalue weighted by molar-refractivity contribution is 0.263. The van der Waals surface area contributed by atoms with Crippen molar-refractivity contribution in [1.82, 2.24) is 5.32 Å². The van der Waals surface area contributed by atoms with Gasteiger partial charge in [0.25, 0.3) is 0 Å². The van der Waals surface area contributed by atoms with Gasteiger partial charge in [-0.2, -0.15) is 0 Å². The maximum Gasteiger partial charge on any atom is 0.0808 e. The van der Waals surface area contributed by atoms with Crippen LogP contribution in [0.1, 0.15) is 6.42 Å². The van der Waals surface area contributed by atoms with Gasteiger partial charge in [-0.25, -0.2) is 0 Å². The van der Waals surface area contributed by atoms with Crippen molar-refractivity contribution in [2.45, 2.75) is 6.42 Å². The summed E-state index contributed by atoms with van der Waals surface area (Å²) < 4.78 is 0. The van der Waals surface area contributed by atoms with E-state index in [0.29, 0.717) is 0 Å². The van der Waals surface area contributed by atoms with Crippen LogP contribution in [0, 0.1) is 5.92 Å². The molecule has 2 nitrogen and oxygen atoms in total. The Labute approximate surface area is 53.9 Å². The minimum Gasteiger partial charge on any atom is -0.396 e. The van der Waals surface area contributed by atoms with Crippen LogP contribution >= 0.6 is 12.2 Å². The minimum atomic E-state index is 0.200. The number of rotatable bonds is 1. The van der Waals surface area contributed by atoms with Crippen molar-refractivity contribution in [3.05, 3.63) is 0 Å². The monoisotopic (exact) mass is 131 g/mol. The van der Waals surface area contributed by atoms with E-state index in [1.54, 1.807) is 0 Å². The van der Waals surface area contributed by atoms with Gasteiger partial charge < -0.3 is 10.4 Å². The van der Waals surface area contributed by atoms with Crippen molar-refractivity contribution in [1.29, 1.82) is 0 Å². The predicted octanol–water partition coefficient (Wildman–Crippen LogP) is -0.0844. The Morgan fingerprint density at radius 2 is 2.62 bits per heavy atom. The first-order valence-electron chi connectivity index (χ1n) is 2.73. The molecule has 1 rings (SSSR count). The van der Waals surface area contributed by atoms with Gasteiger partial charge in [-0.15, -0.1) is 0 Å². The van der Waals surface area contributed by atoms with Gasteiger partial charge in [0.1, 0.15) is 0 Å². The largest absolute Gasteiger partial charge is 0.396 e. The molecule has 0 bridgehead atoms. The van der Waals surface area contributed by atoms with E-state index >= 15 is 0 Å². The second-order valence-electron chi connectivity index (χ2n) is 1.96. The molecule has 0 radical (unpaired) electrons. The summed E-state index contributed by atoms with van der Waals surface area (Å²) in [6.07, 6.45) is 0.995. The third kappa shape index (κ3) is 0.980. The van der Waals surface area contributed by atoms with Crippen LogP contribution in [-0.2, 0) is 0 Å². The van der Waals surface area contributed by atoms with Crippen LogP contribution in [0.15, 0.2) is 0 Å². The topological polar surface area (TPSA) is 32.3 Å². The molecule has 1 atom stereocenters. The first kappa shape index (κ1) is 5.98. The van der Waals surface area contributed by atoms with Crippen LogP contribution in [0.4, 0.5) is 0 Å². The smallest absolute Gasteiger partial charge is 0.0808 e. The van der Waals surface area contributed by atoms with Crippen molar-refractivity contribution in [3.63, 3.8) is 0 Å². The zero-order valence-corrected chi connectivity index (χ0v) is 5.37. The molecule has 1 unspecified atom stereocenters. The molecule has 1 heterocycles. The van der Waals surface area contributed by atoms with Crippen LogP contribution in [0.25, 0.3) is 0 Å². The molecule has 0 aromatic rings. The van der Waals surface area contributed by atoms with E-state index in [1.807, 2.05) is 0 Å². The highest BCUT2D eigenvalue weighted by Gasteiger charge is 2.18. The van der Waals surface area contributed by atoms with Crippen molar-refractivity contribution >= 4 is 17.2 Å². The van der Waals surface area contributed by atoms with E-state index in [-0.39, 0.29) is 12.5 Å². The summed E-state index contributed by atoms with van der Waals surface area (Å²) in [7, 11) is 0. The standard InChI is InChI=1S/C5H9NOS/c7-3-4-1-2-6-5(4)8/h4,7H,1-3H2,(H,6,8). The fourth-order valence-electron chi connectivity index (χ4n) is 0.819. The molecule has 0 aromatic heterocycles. The van der Waals surface area contributed by atoms with Crippen LogP contribution in [-0.4, -0.2) is 23.2 Å². The molecule has 3 heteroatoms. The van der Waals surface area contributed by atoms with E-state index in [4.69, 9.17) is 17.3 Å². The average Bonchev–Trinajstić information content (AvgIpc) is 2.14. The Kier molecular flexibility index (Phi) is 1.81. The van der Waals surface area contributed by atoms with Crippen molar-refractivity contribution in [3.8, 4) is 0 Å². The van der Waals surface area contributed by atoms with E-state index < -0.39 is 0 Å². The summed E-state index contributed by atoms with van der Waals surface area (Å²) in [5.74, 6) is 0.241. The molecule has 0 aliphatic carbocycles. The average molecular weight is 131 g/mol. The number of hydrogen-bond acceptors (Lipinski definition) is 2. The van der Waals surface area contributed by atoms with Gasteiger partial charge in [-0.3, -0.25) is 0 Å². The Morgan fingerprint density at radius 1 is 1.88 bits per heavy atom.